The molecule has 2 N–H and O–H groups in total. The molecule has 0 radical (unpaired) electrons. The second-order valence-electron chi connectivity index (χ2n) is 4.27. The molecule has 2 aromatic carbocycles. The van der Waals surface area contributed by atoms with Crippen molar-refractivity contribution in [2.75, 3.05) is 10.6 Å². The molecule has 2 aromatic rings. The van der Waals surface area contributed by atoms with Crippen molar-refractivity contribution in [3.63, 3.8) is 0 Å². The number of rotatable bonds is 3. The van der Waals surface area contributed by atoms with Gasteiger partial charge in [0.25, 0.3) is 0 Å². The van der Waals surface area contributed by atoms with Gasteiger partial charge in [0, 0.05) is 11.4 Å². The van der Waals surface area contributed by atoms with Gasteiger partial charge in [-0.3, -0.25) is 0 Å². The van der Waals surface area contributed by atoms with Crippen molar-refractivity contribution in [1.29, 1.82) is 0 Å². The van der Waals surface area contributed by atoms with Crippen molar-refractivity contribution in [3.05, 3.63) is 66.2 Å². The van der Waals surface area contributed by atoms with Crippen LogP contribution in [-0.2, 0) is 0 Å². The molecule has 0 aliphatic heterocycles. The number of nitrogens with one attached hydrogen (secondary N) is 2. The van der Waals surface area contributed by atoms with E-state index in [0.717, 1.165) is 22.5 Å². The molecule has 0 spiro atoms. The number of hydrogen-bond donors (Lipinski definition) is 2. The Hall–Kier alpha value is -2.55. The van der Waals surface area contributed by atoms with Gasteiger partial charge in [-0.05, 0) is 42.3 Å². The summed E-state index contributed by atoms with van der Waals surface area (Å²) in [6.45, 7) is 5.67. The molecule has 0 saturated heterocycles. The summed E-state index contributed by atoms with van der Waals surface area (Å²) < 4.78 is 0. The highest BCUT2D eigenvalue weighted by Gasteiger charge is 2.02. The Labute approximate surface area is 113 Å². The molecule has 19 heavy (non-hydrogen) atoms. The summed E-state index contributed by atoms with van der Waals surface area (Å²) >= 11 is 0. The zero-order valence-electron chi connectivity index (χ0n) is 10.8. The molecule has 3 heteroatoms. The fourth-order valence-electron chi connectivity index (χ4n) is 1.72. The van der Waals surface area contributed by atoms with Crippen LogP contribution in [0, 0.1) is 6.92 Å². The molecule has 3 nitrogen and oxygen atoms in total. The summed E-state index contributed by atoms with van der Waals surface area (Å²) in [4.78, 5) is 11.8. The van der Waals surface area contributed by atoms with Gasteiger partial charge in [-0.1, -0.05) is 36.9 Å². The van der Waals surface area contributed by atoms with Crippen LogP contribution in [-0.4, -0.2) is 6.03 Å². The minimum atomic E-state index is -0.253. The Morgan fingerprint density at radius 1 is 1.05 bits per heavy atom. The highest BCUT2D eigenvalue weighted by Crippen LogP contribution is 2.12. The molecule has 0 atom stereocenters. The third-order valence-electron chi connectivity index (χ3n) is 2.68. The lowest BCUT2D eigenvalue weighted by Gasteiger charge is -2.08. The van der Waals surface area contributed by atoms with Crippen LogP contribution in [0.5, 0.6) is 0 Å². The van der Waals surface area contributed by atoms with Gasteiger partial charge >= 0.3 is 6.03 Å². The van der Waals surface area contributed by atoms with Crippen LogP contribution >= 0.6 is 0 Å². The van der Waals surface area contributed by atoms with Crippen LogP contribution in [0.25, 0.3) is 6.08 Å². The molecule has 0 aromatic heterocycles. The lowest BCUT2D eigenvalue weighted by molar-refractivity contribution is 0.262. The second kappa shape index (κ2) is 5.87. The maximum Gasteiger partial charge on any atom is 0.323 e. The van der Waals surface area contributed by atoms with Gasteiger partial charge in [0.1, 0.15) is 0 Å². The molecular formula is C16H16N2O. The van der Waals surface area contributed by atoms with Crippen LogP contribution in [0.3, 0.4) is 0 Å². The van der Waals surface area contributed by atoms with Crippen molar-refractivity contribution in [1.82, 2.24) is 0 Å². The van der Waals surface area contributed by atoms with E-state index in [0.29, 0.717) is 0 Å². The SMILES string of the molecule is C=Cc1ccc(NC(=O)Nc2cccc(C)c2)cc1. The molecule has 96 valence electrons. The Morgan fingerprint density at radius 3 is 2.37 bits per heavy atom. The number of carbonyl (C=O) groups is 1. The third-order valence-corrected chi connectivity index (χ3v) is 2.68. The number of anilines is 2. The van der Waals surface area contributed by atoms with Gasteiger partial charge < -0.3 is 10.6 Å². The first-order valence-electron chi connectivity index (χ1n) is 6.04. The number of carbonyl (C=O) groups excluding carboxylic acids is 1. The maximum absolute atomic E-state index is 11.8. The summed E-state index contributed by atoms with van der Waals surface area (Å²) in [5, 5.41) is 5.57. The Bertz CT molecular complexity index is 588. The predicted molar refractivity (Wildman–Crippen MR) is 80.4 cm³/mol. The van der Waals surface area contributed by atoms with Crippen LogP contribution in [0.15, 0.2) is 55.1 Å². The molecule has 2 amide bonds. The van der Waals surface area contributed by atoms with Gasteiger partial charge in [-0.15, -0.1) is 0 Å². The van der Waals surface area contributed by atoms with Crippen molar-refractivity contribution >= 4 is 23.5 Å². The van der Waals surface area contributed by atoms with Crippen LogP contribution < -0.4 is 10.6 Å². The number of urea groups is 1. The van der Waals surface area contributed by atoms with E-state index in [1.165, 1.54) is 0 Å². The number of hydrogen-bond acceptors (Lipinski definition) is 1. The van der Waals surface area contributed by atoms with E-state index in [-0.39, 0.29) is 6.03 Å². The molecule has 0 heterocycles. The van der Waals surface area contributed by atoms with Gasteiger partial charge in [0.05, 0.1) is 0 Å². The fraction of sp³-hybridized carbons (Fsp3) is 0.0625. The number of aryl methyl sites for hydroxylation is 1. The van der Waals surface area contributed by atoms with Crippen molar-refractivity contribution in [3.8, 4) is 0 Å². The average Bonchev–Trinajstić information content (AvgIpc) is 2.39. The zero-order chi connectivity index (χ0) is 13.7. The first-order chi connectivity index (χ1) is 9.17. The smallest absolute Gasteiger partial charge is 0.308 e. The minimum Gasteiger partial charge on any atom is -0.308 e. The third kappa shape index (κ3) is 3.71. The summed E-state index contributed by atoms with van der Waals surface area (Å²) in [6, 6.07) is 14.9. The van der Waals surface area contributed by atoms with E-state index in [1.54, 1.807) is 6.08 Å². The minimum absolute atomic E-state index is 0.253. The van der Waals surface area contributed by atoms with Crippen molar-refractivity contribution < 1.29 is 4.79 Å². The van der Waals surface area contributed by atoms with Crippen LogP contribution in [0.1, 0.15) is 11.1 Å². The molecule has 0 fully saturated rings. The monoisotopic (exact) mass is 252 g/mol. The number of benzene rings is 2. The lowest BCUT2D eigenvalue weighted by atomic mass is 10.2. The summed E-state index contributed by atoms with van der Waals surface area (Å²) in [6.07, 6.45) is 1.76. The van der Waals surface area contributed by atoms with Gasteiger partial charge in [-0.2, -0.15) is 0 Å². The van der Waals surface area contributed by atoms with Gasteiger partial charge in [0.15, 0.2) is 0 Å². The van der Waals surface area contributed by atoms with Gasteiger partial charge in [0.2, 0.25) is 0 Å². The van der Waals surface area contributed by atoms with E-state index in [4.69, 9.17) is 0 Å². The lowest BCUT2D eigenvalue weighted by Crippen LogP contribution is -2.19. The van der Waals surface area contributed by atoms with Crippen LogP contribution in [0.4, 0.5) is 16.2 Å². The summed E-state index contributed by atoms with van der Waals surface area (Å²) in [5.74, 6) is 0. The quantitative estimate of drug-likeness (QED) is 0.841. The first-order valence-corrected chi connectivity index (χ1v) is 6.04. The molecule has 0 aliphatic rings. The zero-order valence-corrected chi connectivity index (χ0v) is 10.8. The predicted octanol–water partition coefficient (Wildman–Crippen LogP) is 4.28. The molecule has 2 rings (SSSR count). The highest BCUT2D eigenvalue weighted by molar-refractivity contribution is 5.99. The van der Waals surface area contributed by atoms with E-state index in [2.05, 4.69) is 17.2 Å². The maximum atomic E-state index is 11.8. The second-order valence-corrected chi connectivity index (χ2v) is 4.27. The number of amides is 2. The fourth-order valence-corrected chi connectivity index (χ4v) is 1.72. The molecule has 0 unspecified atom stereocenters. The Balaban J connectivity index is 1.98. The first kappa shape index (κ1) is 12.9. The highest BCUT2D eigenvalue weighted by atomic mass is 16.2. The van der Waals surface area contributed by atoms with Crippen molar-refractivity contribution in [2.24, 2.45) is 0 Å². The van der Waals surface area contributed by atoms with Crippen molar-refractivity contribution in [2.45, 2.75) is 6.92 Å². The molecule has 0 saturated carbocycles. The average molecular weight is 252 g/mol. The van der Waals surface area contributed by atoms with E-state index < -0.39 is 0 Å². The van der Waals surface area contributed by atoms with Crippen LogP contribution in [0.2, 0.25) is 0 Å². The molecule has 0 bridgehead atoms. The summed E-state index contributed by atoms with van der Waals surface area (Å²) in [7, 11) is 0. The summed E-state index contributed by atoms with van der Waals surface area (Å²) in [5.41, 5.74) is 3.65. The van der Waals surface area contributed by atoms with E-state index >= 15 is 0 Å². The Morgan fingerprint density at radius 2 is 1.74 bits per heavy atom. The van der Waals surface area contributed by atoms with E-state index in [9.17, 15) is 4.79 Å². The molecule has 0 aliphatic carbocycles. The topological polar surface area (TPSA) is 41.1 Å². The Kier molecular flexibility index (Phi) is 3.98. The normalized spacial score (nSPS) is 9.74. The largest absolute Gasteiger partial charge is 0.323 e. The van der Waals surface area contributed by atoms with E-state index in [1.807, 2.05) is 55.5 Å². The molecular weight excluding hydrogens is 236 g/mol. The van der Waals surface area contributed by atoms with Gasteiger partial charge in [-0.25, -0.2) is 4.79 Å². The standard InChI is InChI=1S/C16H16N2O/c1-3-13-7-9-14(10-8-13)17-16(19)18-15-6-4-5-12(2)11-15/h3-11H,1H2,2H3,(H2,17,18,19).